The summed E-state index contributed by atoms with van der Waals surface area (Å²) in [5, 5.41) is 2.41. The maximum Gasteiger partial charge on any atom is 0.122 e. The Balaban J connectivity index is 1.73. The van der Waals surface area contributed by atoms with Gasteiger partial charge in [0.25, 0.3) is 0 Å². The van der Waals surface area contributed by atoms with E-state index in [2.05, 4.69) is 55.6 Å². The molecule has 29 heavy (non-hydrogen) atoms. The third kappa shape index (κ3) is 5.12. The summed E-state index contributed by atoms with van der Waals surface area (Å²) in [4.78, 5) is 0. The van der Waals surface area contributed by atoms with Crippen molar-refractivity contribution in [3.8, 4) is 11.5 Å². The summed E-state index contributed by atoms with van der Waals surface area (Å²) < 4.78 is 17.2. The van der Waals surface area contributed by atoms with Crippen LogP contribution < -0.4 is 14.8 Å². The van der Waals surface area contributed by atoms with E-state index in [0.717, 1.165) is 56.9 Å². The van der Waals surface area contributed by atoms with E-state index in [9.17, 15) is 0 Å². The predicted octanol–water partition coefficient (Wildman–Crippen LogP) is 4.07. The maximum absolute atomic E-state index is 6.20. The highest BCUT2D eigenvalue weighted by Crippen LogP contribution is 2.47. The quantitative estimate of drug-likeness (QED) is 0.648. The van der Waals surface area contributed by atoms with Crippen molar-refractivity contribution in [3.63, 3.8) is 0 Å². The van der Waals surface area contributed by atoms with Crippen LogP contribution in [0.1, 0.15) is 50.7 Å². The van der Waals surface area contributed by atoms with E-state index < -0.39 is 0 Å². The number of hydrogen-bond donors (Lipinski definition) is 1. The Hall–Kier alpha value is -2.04. The normalized spacial score (nSPS) is 24.3. The lowest BCUT2D eigenvalue weighted by Gasteiger charge is -2.46. The van der Waals surface area contributed by atoms with E-state index >= 15 is 0 Å². The smallest absolute Gasteiger partial charge is 0.122 e. The Morgan fingerprint density at radius 1 is 1.03 bits per heavy atom. The van der Waals surface area contributed by atoms with Gasteiger partial charge in [0.2, 0.25) is 0 Å². The van der Waals surface area contributed by atoms with Gasteiger partial charge < -0.3 is 19.5 Å². The van der Waals surface area contributed by atoms with Crippen LogP contribution in [0, 0.1) is 0 Å². The van der Waals surface area contributed by atoms with Crippen LogP contribution in [0.4, 0.5) is 0 Å². The Kier molecular flexibility index (Phi) is 7.20. The van der Waals surface area contributed by atoms with Crippen molar-refractivity contribution in [3.05, 3.63) is 59.7 Å². The third-order valence-electron chi connectivity index (χ3n) is 6.54. The summed E-state index contributed by atoms with van der Waals surface area (Å²) in [6, 6.07) is 16.9. The first-order valence-corrected chi connectivity index (χ1v) is 10.8. The SMILES string of the molecule is CC[C@]1(C)C[C@](CC[NH2+]Cc2ccc(OC)cc2)(c2ccccc2OC)CCO1. The minimum absolute atomic E-state index is 0.0743. The first-order valence-electron chi connectivity index (χ1n) is 10.8. The van der Waals surface area contributed by atoms with Gasteiger partial charge in [0.1, 0.15) is 18.0 Å². The summed E-state index contributed by atoms with van der Waals surface area (Å²) in [5.74, 6) is 1.91. The van der Waals surface area contributed by atoms with Gasteiger partial charge in [-0.25, -0.2) is 0 Å². The summed E-state index contributed by atoms with van der Waals surface area (Å²) in [5.41, 5.74) is 2.67. The summed E-state index contributed by atoms with van der Waals surface area (Å²) in [6.45, 7) is 7.35. The van der Waals surface area contributed by atoms with E-state index in [0.29, 0.717) is 0 Å². The molecular weight excluding hydrogens is 362 g/mol. The van der Waals surface area contributed by atoms with Crippen molar-refractivity contribution < 1.29 is 19.5 Å². The third-order valence-corrected chi connectivity index (χ3v) is 6.54. The molecule has 0 saturated carbocycles. The Morgan fingerprint density at radius 3 is 2.48 bits per heavy atom. The Morgan fingerprint density at radius 2 is 1.79 bits per heavy atom. The van der Waals surface area contributed by atoms with Crippen LogP contribution in [-0.4, -0.2) is 33.0 Å². The monoisotopic (exact) mass is 398 g/mol. The van der Waals surface area contributed by atoms with Gasteiger partial charge in [0.05, 0.1) is 26.4 Å². The minimum Gasteiger partial charge on any atom is -0.497 e. The average molecular weight is 399 g/mol. The van der Waals surface area contributed by atoms with E-state index in [-0.39, 0.29) is 11.0 Å². The zero-order chi connectivity index (χ0) is 20.7. The lowest BCUT2D eigenvalue weighted by atomic mass is 9.66. The van der Waals surface area contributed by atoms with Crippen molar-refractivity contribution in [2.75, 3.05) is 27.4 Å². The fourth-order valence-corrected chi connectivity index (χ4v) is 4.64. The number of rotatable bonds is 9. The first kappa shape index (κ1) is 21.7. The zero-order valence-corrected chi connectivity index (χ0v) is 18.4. The summed E-state index contributed by atoms with van der Waals surface area (Å²) in [6.07, 6.45) is 4.22. The largest absolute Gasteiger partial charge is 0.497 e. The number of quaternary nitrogens is 1. The van der Waals surface area contributed by atoms with Gasteiger partial charge in [0.15, 0.2) is 0 Å². The topological polar surface area (TPSA) is 44.3 Å². The second kappa shape index (κ2) is 9.64. The molecule has 0 unspecified atom stereocenters. The number of para-hydroxylation sites is 1. The van der Waals surface area contributed by atoms with Gasteiger partial charge in [-0.05, 0) is 56.5 Å². The van der Waals surface area contributed by atoms with Gasteiger partial charge in [-0.3, -0.25) is 0 Å². The molecule has 2 N–H and O–H groups in total. The van der Waals surface area contributed by atoms with Crippen LogP contribution in [0.25, 0.3) is 0 Å². The number of ether oxygens (including phenoxy) is 3. The molecule has 158 valence electrons. The molecule has 1 heterocycles. The van der Waals surface area contributed by atoms with Crippen LogP contribution >= 0.6 is 0 Å². The highest BCUT2D eigenvalue weighted by molar-refractivity contribution is 5.40. The molecule has 0 bridgehead atoms. The Bertz CT molecular complexity index is 776. The highest BCUT2D eigenvalue weighted by Gasteiger charge is 2.44. The fourth-order valence-electron chi connectivity index (χ4n) is 4.64. The molecule has 1 aliphatic rings. The second-order valence-corrected chi connectivity index (χ2v) is 8.44. The van der Waals surface area contributed by atoms with E-state index in [1.165, 1.54) is 11.1 Å². The molecule has 0 aliphatic carbocycles. The maximum atomic E-state index is 6.20. The van der Waals surface area contributed by atoms with Crippen molar-refractivity contribution in [1.29, 1.82) is 0 Å². The molecule has 2 aromatic carbocycles. The fraction of sp³-hybridized carbons (Fsp3) is 0.520. The van der Waals surface area contributed by atoms with Crippen molar-refractivity contribution in [2.24, 2.45) is 0 Å². The summed E-state index contributed by atoms with van der Waals surface area (Å²) >= 11 is 0. The molecular formula is C25H36NO3+. The van der Waals surface area contributed by atoms with Crippen LogP contribution in [0.5, 0.6) is 11.5 Å². The lowest BCUT2D eigenvalue weighted by Crippen LogP contribution is -2.83. The predicted molar refractivity (Wildman–Crippen MR) is 117 cm³/mol. The van der Waals surface area contributed by atoms with Gasteiger partial charge in [-0.1, -0.05) is 25.1 Å². The zero-order valence-electron chi connectivity index (χ0n) is 18.4. The molecule has 2 atom stereocenters. The average Bonchev–Trinajstić information content (AvgIpc) is 2.77. The second-order valence-electron chi connectivity index (χ2n) is 8.44. The van der Waals surface area contributed by atoms with Crippen LogP contribution in [0.2, 0.25) is 0 Å². The van der Waals surface area contributed by atoms with E-state index in [4.69, 9.17) is 14.2 Å². The molecule has 2 aromatic rings. The van der Waals surface area contributed by atoms with E-state index in [1.807, 2.05) is 12.1 Å². The van der Waals surface area contributed by atoms with E-state index in [1.54, 1.807) is 14.2 Å². The van der Waals surface area contributed by atoms with Gasteiger partial charge in [0, 0.05) is 29.6 Å². The molecule has 0 amide bonds. The highest BCUT2D eigenvalue weighted by atomic mass is 16.5. The standard InChI is InChI=1S/C25H35NO3/c1-5-24(2)19-25(15-17-29-24,22-8-6-7-9-23(22)28-4)14-16-26-18-20-10-12-21(27-3)13-11-20/h6-13,26H,5,14-19H2,1-4H3/p+1/t24-,25-/m1/s1. The van der Waals surface area contributed by atoms with Gasteiger partial charge >= 0.3 is 0 Å². The lowest BCUT2D eigenvalue weighted by molar-refractivity contribution is -0.672. The van der Waals surface area contributed by atoms with Crippen LogP contribution in [-0.2, 0) is 16.7 Å². The minimum atomic E-state index is -0.0743. The van der Waals surface area contributed by atoms with Gasteiger partial charge in [-0.2, -0.15) is 0 Å². The van der Waals surface area contributed by atoms with Crippen molar-refractivity contribution in [1.82, 2.24) is 0 Å². The molecule has 0 spiro atoms. The molecule has 1 aliphatic heterocycles. The molecule has 1 saturated heterocycles. The molecule has 3 rings (SSSR count). The van der Waals surface area contributed by atoms with Gasteiger partial charge in [-0.15, -0.1) is 0 Å². The van der Waals surface area contributed by atoms with Crippen molar-refractivity contribution >= 4 is 0 Å². The number of hydrogen-bond acceptors (Lipinski definition) is 3. The number of benzene rings is 2. The van der Waals surface area contributed by atoms with Crippen LogP contribution in [0.15, 0.2) is 48.5 Å². The summed E-state index contributed by atoms with van der Waals surface area (Å²) in [7, 11) is 3.48. The molecule has 4 heteroatoms. The number of nitrogens with two attached hydrogens (primary N) is 1. The molecule has 4 nitrogen and oxygen atoms in total. The first-order chi connectivity index (χ1) is 14.0. The molecule has 0 radical (unpaired) electrons. The molecule has 0 aromatic heterocycles. The van der Waals surface area contributed by atoms with Crippen molar-refractivity contribution in [2.45, 2.75) is 57.1 Å². The number of methoxy groups -OCH3 is 2. The molecule has 1 fully saturated rings. The van der Waals surface area contributed by atoms with Crippen LogP contribution in [0.3, 0.4) is 0 Å². The Labute approximate surface area is 175 Å².